The fourth-order valence-corrected chi connectivity index (χ4v) is 2.20. The van der Waals surface area contributed by atoms with Gasteiger partial charge in [0.2, 0.25) is 0 Å². The van der Waals surface area contributed by atoms with Gasteiger partial charge in [-0.25, -0.2) is 0 Å². The molecular weight excluding hydrogens is 272 g/mol. The zero-order valence-electron chi connectivity index (χ0n) is 11.4. The Morgan fingerprint density at radius 1 is 1.10 bits per heavy atom. The molecule has 2 aromatic rings. The Bertz CT molecular complexity index is 531. The number of nitrogens with zero attached hydrogens (tertiary/aromatic N) is 1. The predicted octanol–water partition coefficient (Wildman–Crippen LogP) is 3.34. The Labute approximate surface area is 124 Å². The van der Waals surface area contributed by atoms with Gasteiger partial charge in [0.05, 0.1) is 6.61 Å². The predicted molar refractivity (Wildman–Crippen MR) is 81.6 cm³/mol. The Morgan fingerprint density at radius 3 is 2.60 bits per heavy atom. The highest BCUT2D eigenvalue weighted by molar-refractivity contribution is 6.31. The maximum atomic E-state index is 6.17. The van der Waals surface area contributed by atoms with Crippen LogP contribution in [0.4, 0.5) is 0 Å². The van der Waals surface area contributed by atoms with E-state index in [2.05, 4.69) is 4.98 Å². The molecule has 106 valence electrons. The topological polar surface area (TPSA) is 48.1 Å². The van der Waals surface area contributed by atoms with Crippen LogP contribution in [-0.4, -0.2) is 11.6 Å². The van der Waals surface area contributed by atoms with Crippen LogP contribution in [0.3, 0.4) is 0 Å². The highest BCUT2D eigenvalue weighted by Crippen LogP contribution is 2.18. The number of benzene rings is 1. The third-order valence-electron chi connectivity index (χ3n) is 3.11. The molecule has 0 radical (unpaired) electrons. The molecule has 20 heavy (non-hydrogen) atoms. The quantitative estimate of drug-likeness (QED) is 0.796. The van der Waals surface area contributed by atoms with Gasteiger partial charge >= 0.3 is 0 Å². The van der Waals surface area contributed by atoms with Crippen LogP contribution in [0.1, 0.15) is 23.1 Å². The molecule has 2 N–H and O–H groups in total. The third-order valence-corrected chi connectivity index (χ3v) is 3.47. The van der Waals surface area contributed by atoms with Crippen LogP contribution >= 0.6 is 11.6 Å². The van der Waals surface area contributed by atoms with E-state index < -0.39 is 0 Å². The molecule has 1 aromatic heterocycles. The molecule has 1 aromatic carbocycles. The van der Waals surface area contributed by atoms with Crippen LogP contribution in [0, 0.1) is 0 Å². The van der Waals surface area contributed by atoms with Gasteiger partial charge in [-0.05, 0) is 47.7 Å². The summed E-state index contributed by atoms with van der Waals surface area (Å²) in [6.07, 6.45) is 5.62. The second-order valence-electron chi connectivity index (χ2n) is 4.64. The first-order valence-corrected chi connectivity index (χ1v) is 7.11. The number of halogens is 1. The Kier molecular flexibility index (Phi) is 5.99. The average molecular weight is 291 g/mol. The van der Waals surface area contributed by atoms with Crippen molar-refractivity contribution < 1.29 is 4.74 Å². The number of aryl methyl sites for hydroxylation is 1. The minimum absolute atomic E-state index is 0.507. The van der Waals surface area contributed by atoms with Gasteiger partial charge in [-0.15, -0.1) is 0 Å². The van der Waals surface area contributed by atoms with Gasteiger partial charge in [-0.2, -0.15) is 0 Å². The molecule has 0 unspecified atom stereocenters. The molecule has 4 heteroatoms. The average Bonchev–Trinajstić information content (AvgIpc) is 2.49. The molecule has 2 rings (SSSR count). The van der Waals surface area contributed by atoms with Crippen LogP contribution in [-0.2, 0) is 24.3 Å². The first kappa shape index (κ1) is 15.0. The number of aromatic nitrogens is 1. The summed E-state index contributed by atoms with van der Waals surface area (Å²) < 4.78 is 5.66. The summed E-state index contributed by atoms with van der Waals surface area (Å²) in [6, 6.07) is 9.93. The van der Waals surface area contributed by atoms with Crippen LogP contribution in [0.25, 0.3) is 0 Å². The molecule has 0 spiro atoms. The van der Waals surface area contributed by atoms with Gasteiger partial charge in [-0.3, -0.25) is 4.98 Å². The summed E-state index contributed by atoms with van der Waals surface area (Å²) in [6.45, 7) is 1.77. The minimum atomic E-state index is 0.507. The maximum absolute atomic E-state index is 6.17. The van der Waals surface area contributed by atoms with Crippen molar-refractivity contribution in [3.8, 4) is 0 Å². The molecule has 0 bridgehead atoms. The summed E-state index contributed by atoms with van der Waals surface area (Å²) in [7, 11) is 0. The summed E-state index contributed by atoms with van der Waals surface area (Å²) in [5.74, 6) is 0. The van der Waals surface area contributed by atoms with E-state index in [1.807, 2.05) is 42.7 Å². The van der Waals surface area contributed by atoms with E-state index in [9.17, 15) is 0 Å². The summed E-state index contributed by atoms with van der Waals surface area (Å²) >= 11 is 6.17. The molecule has 3 nitrogen and oxygen atoms in total. The van der Waals surface area contributed by atoms with Gasteiger partial charge in [0, 0.05) is 30.6 Å². The molecule has 0 aliphatic carbocycles. The lowest BCUT2D eigenvalue weighted by Crippen LogP contribution is -2.00. The van der Waals surface area contributed by atoms with Crippen LogP contribution < -0.4 is 5.73 Å². The smallest absolute Gasteiger partial charge is 0.0731 e. The zero-order chi connectivity index (χ0) is 14.2. The number of hydrogen-bond acceptors (Lipinski definition) is 3. The van der Waals surface area contributed by atoms with Crippen LogP contribution in [0.2, 0.25) is 5.02 Å². The van der Waals surface area contributed by atoms with Crippen molar-refractivity contribution in [1.82, 2.24) is 4.98 Å². The molecule has 0 fully saturated rings. The van der Waals surface area contributed by atoms with Crippen molar-refractivity contribution in [2.75, 3.05) is 6.61 Å². The first-order valence-electron chi connectivity index (χ1n) is 6.73. The second-order valence-corrected chi connectivity index (χ2v) is 5.05. The van der Waals surface area contributed by atoms with Crippen LogP contribution in [0.15, 0.2) is 42.7 Å². The van der Waals surface area contributed by atoms with E-state index in [-0.39, 0.29) is 0 Å². The monoisotopic (exact) mass is 290 g/mol. The van der Waals surface area contributed by atoms with E-state index >= 15 is 0 Å². The molecule has 0 saturated carbocycles. The maximum Gasteiger partial charge on any atom is 0.0731 e. The van der Waals surface area contributed by atoms with Gasteiger partial charge < -0.3 is 10.5 Å². The SMILES string of the molecule is NCc1ccc(COCCCc2ccncc2)c(Cl)c1. The van der Waals surface area contributed by atoms with Crippen LogP contribution in [0.5, 0.6) is 0 Å². The van der Waals surface area contributed by atoms with Crippen molar-refractivity contribution in [1.29, 1.82) is 0 Å². The standard InChI is InChI=1S/C16H19ClN2O/c17-16-10-14(11-18)3-4-15(16)12-20-9-1-2-13-5-7-19-8-6-13/h3-8,10H,1-2,9,11-12,18H2. The fraction of sp³-hybridized carbons (Fsp3) is 0.312. The number of rotatable bonds is 7. The first-order chi connectivity index (χ1) is 9.79. The normalized spacial score (nSPS) is 10.7. The van der Waals surface area contributed by atoms with Crippen molar-refractivity contribution in [2.45, 2.75) is 26.0 Å². The fourth-order valence-electron chi connectivity index (χ4n) is 1.94. The lowest BCUT2D eigenvalue weighted by molar-refractivity contribution is 0.119. The number of nitrogens with two attached hydrogens (primary N) is 1. The molecule has 0 amide bonds. The van der Waals surface area contributed by atoms with Gasteiger partial charge in [-0.1, -0.05) is 23.7 Å². The molecule has 0 saturated heterocycles. The van der Waals surface area contributed by atoms with Crippen molar-refractivity contribution >= 4 is 11.6 Å². The summed E-state index contributed by atoms with van der Waals surface area (Å²) in [5.41, 5.74) is 8.90. The third kappa shape index (κ3) is 4.60. The zero-order valence-corrected chi connectivity index (χ0v) is 12.1. The lowest BCUT2D eigenvalue weighted by Gasteiger charge is -2.07. The number of pyridine rings is 1. The van der Waals surface area contributed by atoms with Gasteiger partial charge in [0.25, 0.3) is 0 Å². The molecule has 0 atom stereocenters. The number of hydrogen-bond donors (Lipinski definition) is 1. The van der Waals surface area contributed by atoms with Crippen molar-refractivity contribution in [2.24, 2.45) is 5.73 Å². The Hall–Kier alpha value is -1.42. The van der Waals surface area contributed by atoms with E-state index in [0.717, 1.165) is 35.6 Å². The highest BCUT2D eigenvalue weighted by Gasteiger charge is 2.02. The van der Waals surface area contributed by atoms with E-state index in [1.54, 1.807) is 0 Å². The molecular formula is C16H19ClN2O. The van der Waals surface area contributed by atoms with Gasteiger partial charge in [0.1, 0.15) is 0 Å². The Balaban J connectivity index is 1.71. The largest absolute Gasteiger partial charge is 0.377 e. The van der Waals surface area contributed by atoms with E-state index in [0.29, 0.717) is 13.2 Å². The minimum Gasteiger partial charge on any atom is -0.377 e. The summed E-state index contributed by atoms with van der Waals surface area (Å²) in [5, 5.41) is 0.724. The Morgan fingerprint density at radius 2 is 1.90 bits per heavy atom. The van der Waals surface area contributed by atoms with Gasteiger partial charge in [0.15, 0.2) is 0 Å². The molecule has 1 heterocycles. The lowest BCUT2D eigenvalue weighted by atomic mass is 10.1. The molecule has 0 aliphatic rings. The highest BCUT2D eigenvalue weighted by atomic mass is 35.5. The second kappa shape index (κ2) is 8.00. The summed E-state index contributed by atoms with van der Waals surface area (Å²) in [4.78, 5) is 4.00. The molecule has 0 aliphatic heterocycles. The van der Waals surface area contributed by atoms with Crippen molar-refractivity contribution in [3.05, 3.63) is 64.4 Å². The van der Waals surface area contributed by atoms with Crippen molar-refractivity contribution in [3.63, 3.8) is 0 Å². The van der Waals surface area contributed by atoms with E-state index in [1.165, 1.54) is 5.56 Å². The number of ether oxygens (including phenoxy) is 1. The van der Waals surface area contributed by atoms with E-state index in [4.69, 9.17) is 22.1 Å².